The summed E-state index contributed by atoms with van der Waals surface area (Å²) in [5, 5.41) is 0. The Morgan fingerprint density at radius 2 is 1.68 bits per heavy atom. The van der Waals surface area contributed by atoms with E-state index in [0.717, 1.165) is 5.56 Å². The van der Waals surface area contributed by atoms with E-state index in [1.54, 1.807) is 30.3 Å². The summed E-state index contributed by atoms with van der Waals surface area (Å²) >= 11 is 0. The van der Waals surface area contributed by atoms with E-state index in [-0.39, 0.29) is 11.8 Å². The minimum Gasteiger partial charge on any atom is -0.343 e. The Hall–Kier alpha value is -2.96. The van der Waals surface area contributed by atoms with E-state index in [9.17, 15) is 9.59 Å². The number of hydrogen-bond donors (Lipinski definition) is 2. The van der Waals surface area contributed by atoms with Gasteiger partial charge in [-0.2, -0.15) is 0 Å². The molecule has 0 bridgehead atoms. The molecule has 25 heavy (non-hydrogen) atoms. The third-order valence-corrected chi connectivity index (χ3v) is 4.68. The van der Waals surface area contributed by atoms with Gasteiger partial charge in [-0.25, -0.2) is 9.97 Å². The maximum absolute atomic E-state index is 13.0. The number of benzene rings is 1. The Balaban J connectivity index is 1.80. The van der Waals surface area contributed by atoms with Crippen molar-refractivity contribution in [3.05, 3.63) is 54.4 Å². The monoisotopic (exact) mass is 339 g/mol. The van der Waals surface area contributed by atoms with E-state index in [2.05, 4.69) is 20.8 Å². The van der Waals surface area contributed by atoms with Gasteiger partial charge in [0.1, 0.15) is 0 Å². The lowest BCUT2D eigenvalue weighted by molar-refractivity contribution is -0.135. The first kappa shape index (κ1) is 16.9. The summed E-state index contributed by atoms with van der Waals surface area (Å²) in [4.78, 5) is 34.5. The fourth-order valence-electron chi connectivity index (χ4n) is 3.20. The van der Waals surface area contributed by atoms with Crippen LogP contribution in [0.2, 0.25) is 0 Å². The number of nitrogens with zero attached hydrogens (tertiary/aromatic N) is 3. The molecule has 7 heteroatoms. The topological polar surface area (TPSA) is 87.2 Å². The largest absolute Gasteiger partial charge is 0.343 e. The van der Waals surface area contributed by atoms with Crippen LogP contribution in [-0.2, 0) is 15.0 Å². The lowest BCUT2D eigenvalue weighted by Crippen LogP contribution is -2.53. The number of carbonyl (C=O) groups is 2. The van der Waals surface area contributed by atoms with Crippen LogP contribution < -0.4 is 10.9 Å². The van der Waals surface area contributed by atoms with Crippen LogP contribution in [0.1, 0.15) is 25.3 Å². The van der Waals surface area contributed by atoms with Crippen LogP contribution in [0.15, 0.2) is 48.8 Å². The summed E-state index contributed by atoms with van der Waals surface area (Å²) in [5.74, 6) is 0.229. The van der Waals surface area contributed by atoms with Crippen molar-refractivity contribution in [3.8, 4) is 0 Å². The molecule has 3 rings (SSSR count). The molecular formula is C18H21N5O2. The van der Waals surface area contributed by atoms with Crippen molar-refractivity contribution >= 4 is 17.8 Å². The first-order valence-corrected chi connectivity index (χ1v) is 8.26. The van der Waals surface area contributed by atoms with E-state index in [1.165, 1.54) is 0 Å². The van der Waals surface area contributed by atoms with Crippen molar-refractivity contribution < 1.29 is 9.59 Å². The van der Waals surface area contributed by atoms with Gasteiger partial charge in [0, 0.05) is 32.4 Å². The number of piperidine rings is 1. The first-order chi connectivity index (χ1) is 12.1. The number of anilines is 1. The van der Waals surface area contributed by atoms with E-state index in [4.69, 9.17) is 0 Å². The molecule has 1 aromatic heterocycles. The first-order valence-electron chi connectivity index (χ1n) is 8.26. The molecule has 7 nitrogen and oxygen atoms in total. The number of hydrazine groups is 1. The van der Waals surface area contributed by atoms with E-state index < -0.39 is 5.41 Å². The quantitative estimate of drug-likeness (QED) is 0.824. The molecule has 0 spiro atoms. The van der Waals surface area contributed by atoms with Gasteiger partial charge in [0.25, 0.3) is 0 Å². The summed E-state index contributed by atoms with van der Waals surface area (Å²) in [6, 6.07) is 11.4. The van der Waals surface area contributed by atoms with Gasteiger partial charge in [-0.1, -0.05) is 30.3 Å². The van der Waals surface area contributed by atoms with Gasteiger partial charge >= 0.3 is 0 Å². The van der Waals surface area contributed by atoms with Crippen molar-refractivity contribution in [3.63, 3.8) is 0 Å². The van der Waals surface area contributed by atoms with Crippen LogP contribution in [0.5, 0.6) is 0 Å². The van der Waals surface area contributed by atoms with Gasteiger partial charge in [-0.15, -0.1) is 0 Å². The van der Waals surface area contributed by atoms with Crippen LogP contribution in [0, 0.1) is 0 Å². The number of likely N-dealkylation sites (tertiary alicyclic amines) is 1. The summed E-state index contributed by atoms with van der Waals surface area (Å²) in [6.07, 6.45) is 4.33. The molecule has 1 saturated heterocycles. The zero-order chi connectivity index (χ0) is 17.7. The van der Waals surface area contributed by atoms with Crippen molar-refractivity contribution in [2.45, 2.75) is 25.2 Å². The fourth-order valence-corrected chi connectivity index (χ4v) is 3.20. The van der Waals surface area contributed by atoms with Gasteiger partial charge < -0.3 is 4.90 Å². The van der Waals surface area contributed by atoms with Crippen molar-refractivity contribution in [2.24, 2.45) is 0 Å². The second-order valence-corrected chi connectivity index (χ2v) is 6.11. The summed E-state index contributed by atoms with van der Waals surface area (Å²) in [5.41, 5.74) is 5.77. The zero-order valence-electron chi connectivity index (χ0n) is 14.1. The van der Waals surface area contributed by atoms with Crippen LogP contribution >= 0.6 is 0 Å². The second kappa shape index (κ2) is 7.29. The molecule has 0 unspecified atom stereocenters. The van der Waals surface area contributed by atoms with Crippen LogP contribution in [0.4, 0.5) is 5.95 Å². The molecule has 1 aromatic carbocycles. The van der Waals surface area contributed by atoms with Gasteiger partial charge in [0.15, 0.2) is 0 Å². The Morgan fingerprint density at radius 3 is 2.28 bits per heavy atom. The Bertz CT molecular complexity index is 728. The average Bonchev–Trinajstić information content (AvgIpc) is 2.67. The minimum absolute atomic E-state index is 0.0397. The predicted molar refractivity (Wildman–Crippen MR) is 93.4 cm³/mol. The highest BCUT2D eigenvalue weighted by Crippen LogP contribution is 2.35. The van der Waals surface area contributed by atoms with Crippen molar-refractivity contribution in [1.82, 2.24) is 20.3 Å². The molecule has 0 atom stereocenters. The third-order valence-electron chi connectivity index (χ3n) is 4.68. The number of hydrogen-bond acceptors (Lipinski definition) is 5. The predicted octanol–water partition coefficient (Wildman–Crippen LogP) is 1.50. The van der Waals surface area contributed by atoms with Crippen molar-refractivity contribution in [2.75, 3.05) is 18.5 Å². The molecule has 1 fully saturated rings. The zero-order valence-corrected chi connectivity index (χ0v) is 14.1. The van der Waals surface area contributed by atoms with Crippen molar-refractivity contribution in [1.29, 1.82) is 0 Å². The van der Waals surface area contributed by atoms with E-state index in [0.29, 0.717) is 31.9 Å². The van der Waals surface area contributed by atoms with Gasteiger partial charge in [0.05, 0.1) is 5.41 Å². The highest BCUT2D eigenvalue weighted by atomic mass is 16.2. The number of amides is 2. The van der Waals surface area contributed by atoms with Crippen LogP contribution in [0.25, 0.3) is 0 Å². The summed E-state index contributed by atoms with van der Waals surface area (Å²) in [7, 11) is 0. The van der Waals surface area contributed by atoms with E-state index in [1.807, 2.05) is 30.3 Å². The molecule has 2 N–H and O–H groups in total. The highest BCUT2D eigenvalue weighted by Gasteiger charge is 2.43. The normalized spacial score (nSPS) is 16.1. The molecule has 0 saturated carbocycles. The van der Waals surface area contributed by atoms with Crippen LogP contribution in [0.3, 0.4) is 0 Å². The smallest absolute Gasteiger partial charge is 0.249 e. The Morgan fingerprint density at radius 1 is 1.04 bits per heavy atom. The second-order valence-electron chi connectivity index (χ2n) is 6.11. The Kier molecular flexibility index (Phi) is 4.92. The Labute approximate surface area is 146 Å². The number of rotatable bonds is 4. The summed E-state index contributed by atoms with van der Waals surface area (Å²) < 4.78 is 0. The SMILES string of the molecule is CC(=O)N1CCC(C(=O)NNc2ncccn2)(c2ccccc2)CC1. The number of aromatic nitrogens is 2. The fraction of sp³-hybridized carbons (Fsp3) is 0.333. The molecule has 1 aliphatic rings. The van der Waals surface area contributed by atoms with Gasteiger partial charge in [-0.05, 0) is 24.5 Å². The molecule has 0 radical (unpaired) electrons. The van der Waals surface area contributed by atoms with E-state index >= 15 is 0 Å². The van der Waals surface area contributed by atoms with Gasteiger partial charge in [-0.3, -0.25) is 20.4 Å². The molecule has 2 amide bonds. The number of carbonyl (C=O) groups excluding carboxylic acids is 2. The summed E-state index contributed by atoms with van der Waals surface area (Å²) in [6.45, 7) is 2.67. The van der Waals surface area contributed by atoms with Gasteiger partial charge in [0.2, 0.25) is 17.8 Å². The molecule has 2 heterocycles. The molecule has 1 aliphatic heterocycles. The lowest BCUT2D eigenvalue weighted by atomic mass is 9.72. The molecule has 130 valence electrons. The number of nitrogens with one attached hydrogen (secondary N) is 2. The maximum atomic E-state index is 13.0. The molecular weight excluding hydrogens is 318 g/mol. The standard InChI is InChI=1S/C18H21N5O2/c1-14(24)23-12-8-18(9-13-23,15-6-3-2-4-7-15)16(25)21-22-17-19-10-5-11-20-17/h2-7,10-11H,8-9,12-13H2,1H3,(H,21,25)(H,19,20,22). The minimum atomic E-state index is -0.686. The average molecular weight is 339 g/mol. The molecule has 0 aliphatic carbocycles. The molecule has 2 aromatic rings. The lowest BCUT2D eigenvalue weighted by Gasteiger charge is -2.40. The van der Waals surface area contributed by atoms with Crippen LogP contribution in [-0.4, -0.2) is 39.8 Å². The highest BCUT2D eigenvalue weighted by molar-refractivity contribution is 5.89. The third kappa shape index (κ3) is 3.60. The maximum Gasteiger partial charge on any atom is 0.249 e.